The normalized spacial score (nSPS) is 22.9. The predicted octanol–water partition coefficient (Wildman–Crippen LogP) is 4.66. The Morgan fingerprint density at radius 3 is 1.97 bits per heavy atom. The quantitative estimate of drug-likeness (QED) is 0.587. The van der Waals surface area contributed by atoms with Crippen molar-refractivity contribution in [2.24, 2.45) is 5.92 Å². The van der Waals surface area contributed by atoms with Crippen LogP contribution in [0, 0.1) is 26.7 Å². The fraction of sp³-hybridized carbons (Fsp3) is 0.231. The van der Waals surface area contributed by atoms with Crippen molar-refractivity contribution in [2.45, 2.75) is 32.9 Å². The molecule has 2 amide bonds. The zero-order chi connectivity index (χ0) is 21.7. The van der Waals surface area contributed by atoms with Crippen LogP contribution in [0.3, 0.4) is 0 Å². The molecule has 5 nitrogen and oxygen atoms in total. The number of rotatable bonds is 3. The van der Waals surface area contributed by atoms with Crippen molar-refractivity contribution in [3.05, 3.63) is 95.1 Å². The van der Waals surface area contributed by atoms with E-state index in [1.165, 1.54) is 4.90 Å². The molecule has 5 heteroatoms. The lowest BCUT2D eigenvalue weighted by atomic mass is 9.90. The van der Waals surface area contributed by atoms with Gasteiger partial charge in [-0.3, -0.25) is 14.4 Å². The molecule has 31 heavy (non-hydrogen) atoms. The Bertz CT molecular complexity index is 1140. The lowest BCUT2D eigenvalue weighted by molar-refractivity contribution is -0.126. The third-order valence-corrected chi connectivity index (χ3v) is 6.13. The smallest absolute Gasteiger partial charge is 0.266 e. The molecule has 0 saturated carbocycles. The molecule has 0 unspecified atom stereocenters. The number of aryl methyl sites for hydroxylation is 3. The minimum atomic E-state index is -0.849. The monoisotopic (exact) mass is 412 g/mol. The molecule has 2 heterocycles. The van der Waals surface area contributed by atoms with E-state index in [0.29, 0.717) is 5.69 Å². The van der Waals surface area contributed by atoms with Gasteiger partial charge in [-0.1, -0.05) is 66.2 Å². The number of anilines is 2. The van der Waals surface area contributed by atoms with Crippen LogP contribution < -0.4 is 9.96 Å². The van der Waals surface area contributed by atoms with Crippen LogP contribution >= 0.6 is 0 Å². The number of carbonyl (C=O) groups excluding carboxylic acids is 2. The second kappa shape index (κ2) is 7.36. The first-order valence-corrected chi connectivity index (χ1v) is 10.5. The van der Waals surface area contributed by atoms with E-state index in [-0.39, 0.29) is 17.9 Å². The zero-order valence-corrected chi connectivity index (χ0v) is 17.8. The number of hydroxylamine groups is 1. The Morgan fingerprint density at radius 1 is 0.774 bits per heavy atom. The topological polar surface area (TPSA) is 49.9 Å². The maximum Gasteiger partial charge on any atom is 0.266 e. The first-order valence-electron chi connectivity index (χ1n) is 10.5. The Balaban J connectivity index is 1.61. The molecule has 5 rings (SSSR count). The summed E-state index contributed by atoms with van der Waals surface area (Å²) in [5.41, 5.74) is 5.37. The summed E-state index contributed by atoms with van der Waals surface area (Å²) in [5, 5.41) is 1.73. The molecule has 0 bridgehead atoms. The highest BCUT2D eigenvalue weighted by molar-refractivity contribution is 6.24. The number of amides is 2. The second-order valence-electron chi connectivity index (χ2n) is 8.33. The molecular weight excluding hydrogens is 388 g/mol. The van der Waals surface area contributed by atoms with Gasteiger partial charge in [0, 0.05) is 0 Å². The molecule has 2 aliphatic rings. The molecule has 0 aromatic heterocycles. The minimum Gasteiger partial charge on any atom is -0.273 e. The first-order chi connectivity index (χ1) is 15.0. The molecule has 3 aromatic rings. The highest BCUT2D eigenvalue weighted by atomic mass is 16.7. The zero-order valence-electron chi connectivity index (χ0n) is 17.8. The minimum absolute atomic E-state index is 0.211. The molecule has 0 spiro atoms. The van der Waals surface area contributed by atoms with Crippen LogP contribution in [0.5, 0.6) is 0 Å². The molecule has 3 atom stereocenters. The van der Waals surface area contributed by atoms with Gasteiger partial charge in [0.2, 0.25) is 5.91 Å². The predicted molar refractivity (Wildman–Crippen MR) is 120 cm³/mol. The van der Waals surface area contributed by atoms with E-state index in [4.69, 9.17) is 4.84 Å². The maximum atomic E-state index is 13.7. The SMILES string of the molecule is Cc1cc(C)c(N2C(=O)[C@@H]3[C@H](ON(c4ccccc4)[C@@H]3c3ccccc3)C2=O)c(C)c1. The van der Waals surface area contributed by atoms with Crippen LogP contribution in [-0.2, 0) is 14.4 Å². The van der Waals surface area contributed by atoms with Crippen LogP contribution in [0.4, 0.5) is 11.4 Å². The van der Waals surface area contributed by atoms with Gasteiger partial charge in [-0.05, 0) is 49.6 Å². The molecule has 156 valence electrons. The largest absolute Gasteiger partial charge is 0.273 e. The Morgan fingerprint density at radius 2 is 1.35 bits per heavy atom. The average Bonchev–Trinajstić information content (AvgIpc) is 3.26. The maximum absolute atomic E-state index is 13.7. The molecule has 0 radical (unpaired) electrons. The van der Waals surface area contributed by atoms with Gasteiger partial charge in [0.25, 0.3) is 5.91 Å². The Labute approximate surface area is 181 Å². The molecule has 3 aromatic carbocycles. The van der Waals surface area contributed by atoms with Gasteiger partial charge < -0.3 is 0 Å². The summed E-state index contributed by atoms with van der Waals surface area (Å²) in [6, 6.07) is 23.0. The Kier molecular flexibility index (Phi) is 4.63. The summed E-state index contributed by atoms with van der Waals surface area (Å²) in [5.74, 6) is -1.13. The van der Waals surface area contributed by atoms with E-state index in [2.05, 4.69) is 0 Å². The molecular formula is C26H24N2O3. The number of imide groups is 1. The van der Waals surface area contributed by atoms with Crippen molar-refractivity contribution < 1.29 is 14.4 Å². The van der Waals surface area contributed by atoms with E-state index in [9.17, 15) is 9.59 Å². The van der Waals surface area contributed by atoms with Crippen molar-refractivity contribution >= 4 is 23.2 Å². The van der Waals surface area contributed by atoms with Crippen LogP contribution in [-0.4, -0.2) is 17.9 Å². The third-order valence-electron chi connectivity index (χ3n) is 6.13. The summed E-state index contributed by atoms with van der Waals surface area (Å²) in [6.45, 7) is 5.89. The van der Waals surface area contributed by atoms with Crippen LogP contribution in [0.2, 0.25) is 0 Å². The van der Waals surface area contributed by atoms with Gasteiger partial charge in [-0.25, -0.2) is 9.96 Å². The number of fused-ring (bicyclic) bond motifs is 1. The van der Waals surface area contributed by atoms with Crippen molar-refractivity contribution in [3.8, 4) is 0 Å². The van der Waals surface area contributed by atoms with Crippen LogP contribution in [0.15, 0.2) is 72.8 Å². The molecule has 0 aliphatic carbocycles. The van der Waals surface area contributed by atoms with Gasteiger partial charge in [-0.15, -0.1) is 0 Å². The van der Waals surface area contributed by atoms with E-state index >= 15 is 0 Å². The Hall–Kier alpha value is -3.44. The second-order valence-corrected chi connectivity index (χ2v) is 8.33. The number of nitrogens with zero attached hydrogens (tertiary/aromatic N) is 2. The number of hydrogen-bond acceptors (Lipinski definition) is 4. The first kappa shape index (κ1) is 19.5. The molecule has 2 saturated heterocycles. The summed E-state index contributed by atoms with van der Waals surface area (Å²) >= 11 is 0. The molecule has 2 aliphatic heterocycles. The van der Waals surface area contributed by atoms with E-state index < -0.39 is 12.0 Å². The fourth-order valence-electron chi connectivity index (χ4n) is 4.95. The van der Waals surface area contributed by atoms with Gasteiger partial charge >= 0.3 is 0 Å². The number of para-hydroxylation sites is 1. The summed E-state index contributed by atoms with van der Waals surface area (Å²) in [4.78, 5) is 34.8. The van der Waals surface area contributed by atoms with Crippen molar-refractivity contribution in [1.29, 1.82) is 0 Å². The van der Waals surface area contributed by atoms with Crippen molar-refractivity contribution in [3.63, 3.8) is 0 Å². The van der Waals surface area contributed by atoms with E-state index in [1.54, 1.807) is 5.06 Å². The fourth-order valence-corrected chi connectivity index (χ4v) is 4.95. The van der Waals surface area contributed by atoms with Crippen molar-refractivity contribution in [1.82, 2.24) is 0 Å². The lowest BCUT2D eigenvalue weighted by Gasteiger charge is -2.29. The van der Waals surface area contributed by atoms with E-state index in [1.807, 2.05) is 93.6 Å². The highest BCUT2D eigenvalue weighted by Gasteiger charge is 2.60. The van der Waals surface area contributed by atoms with Gasteiger partial charge in [-0.2, -0.15) is 0 Å². The van der Waals surface area contributed by atoms with Gasteiger partial charge in [0.15, 0.2) is 6.10 Å². The summed E-state index contributed by atoms with van der Waals surface area (Å²) in [6.07, 6.45) is -0.849. The number of carbonyl (C=O) groups is 2. The van der Waals surface area contributed by atoms with Gasteiger partial charge in [0.1, 0.15) is 5.92 Å². The highest BCUT2D eigenvalue weighted by Crippen LogP contribution is 2.48. The van der Waals surface area contributed by atoms with Crippen LogP contribution in [0.25, 0.3) is 0 Å². The number of benzene rings is 3. The standard InChI is InChI=1S/C26H24N2O3/c1-16-14-17(2)22(18(3)15-16)27-25(29)21-23(19-10-6-4-7-11-19)28(31-24(21)26(27)30)20-12-8-5-9-13-20/h4-15,21,23-24H,1-3H3/t21-,23+,24-/m0/s1. The third kappa shape index (κ3) is 3.04. The lowest BCUT2D eigenvalue weighted by Crippen LogP contribution is -2.38. The number of hydrogen-bond donors (Lipinski definition) is 0. The molecule has 2 fully saturated rings. The van der Waals surface area contributed by atoms with Crippen LogP contribution in [0.1, 0.15) is 28.3 Å². The summed E-state index contributed by atoms with van der Waals surface area (Å²) < 4.78 is 0. The average molecular weight is 412 g/mol. The van der Waals surface area contributed by atoms with E-state index in [0.717, 1.165) is 27.9 Å². The van der Waals surface area contributed by atoms with Crippen molar-refractivity contribution in [2.75, 3.05) is 9.96 Å². The molecule has 0 N–H and O–H groups in total. The van der Waals surface area contributed by atoms with Gasteiger partial charge in [0.05, 0.1) is 17.4 Å². The summed E-state index contributed by atoms with van der Waals surface area (Å²) in [7, 11) is 0.